The van der Waals surface area contributed by atoms with E-state index >= 15 is 0 Å². The van der Waals surface area contributed by atoms with Crippen LogP contribution in [0.4, 0.5) is 0 Å². The lowest BCUT2D eigenvalue weighted by atomic mass is 10.1. The molecule has 2 aromatic heterocycles. The molecule has 0 aliphatic rings. The number of aryl methyl sites for hydroxylation is 3. The highest BCUT2D eigenvalue weighted by Gasteiger charge is 2.13. The summed E-state index contributed by atoms with van der Waals surface area (Å²) in [5.41, 5.74) is 2.85. The minimum atomic E-state index is 0.0670. The Morgan fingerprint density at radius 3 is 2.50 bits per heavy atom. The molecule has 0 aliphatic carbocycles. The summed E-state index contributed by atoms with van der Waals surface area (Å²) in [6, 6.07) is 3.82. The molecule has 3 heteroatoms. The van der Waals surface area contributed by atoms with Crippen molar-refractivity contribution < 1.29 is 4.79 Å². The van der Waals surface area contributed by atoms with E-state index < -0.39 is 0 Å². The number of carbonyl (C=O) groups is 1. The quantitative estimate of drug-likeness (QED) is 0.742. The number of nitrogens with zero attached hydrogens (tertiary/aromatic N) is 1. The summed E-state index contributed by atoms with van der Waals surface area (Å²) in [4.78, 5) is 18.2. The van der Waals surface area contributed by atoms with E-state index in [1.165, 1.54) is 10.4 Å². The van der Waals surface area contributed by atoms with Crippen LogP contribution < -0.4 is 0 Å². The highest BCUT2D eigenvalue weighted by Crippen LogP contribution is 2.23. The molecule has 0 aromatic carbocycles. The van der Waals surface area contributed by atoms with E-state index in [-0.39, 0.29) is 5.78 Å². The number of carbonyl (C=O) groups excluding carboxylic acids is 1. The van der Waals surface area contributed by atoms with E-state index in [1.54, 1.807) is 23.7 Å². The van der Waals surface area contributed by atoms with Crippen LogP contribution in [0.3, 0.4) is 0 Å². The largest absolute Gasteiger partial charge is 0.288 e. The van der Waals surface area contributed by atoms with Gasteiger partial charge < -0.3 is 0 Å². The van der Waals surface area contributed by atoms with E-state index in [0.29, 0.717) is 5.56 Å². The minimum absolute atomic E-state index is 0.0670. The van der Waals surface area contributed by atoms with Gasteiger partial charge in [0, 0.05) is 22.8 Å². The molecule has 2 heterocycles. The van der Waals surface area contributed by atoms with Crippen LogP contribution in [0.15, 0.2) is 24.5 Å². The van der Waals surface area contributed by atoms with Gasteiger partial charge in [-0.15, -0.1) is 11.3 Å². The van der Waals surface area contributed by atoms with Crippen molar-refractivity contribution in [1.82, 2.24) is 4.98 Å². The van der Waals surface area contributed by atoms with Crippen molar-refractivity contribution in [3.8, 4) is 0 Å². The molecule has 0 atom stereocenters. The average molecular weight is 231 g/mol. The van der Waals surface area contributed by atoms with Crippen molar-refractivity contribution in [3.05, 3.63) is 51.0 Å². The predicted molar refractivity (Wildman–Crippen MR) is 66.2 cm³/mol. The zero-order valence-corrected chi connectivity index (χ0v) is 10.4. The van der Waals surface area contributed by atoms with Gasteiger partial charge in [-0.05, 0) is 44.0 Å². The van der Waals surface area contributed by atoms with Crippen LogP contribution in [0.2, 0.25) is 0 Å². The standard InChI is InChI=1S/C13H13NOS/c1-8-4-11(7-14-6-8)13(15)12-5-9(2)10(3)16-12/h4-7H,1-3H3. The van der Waals surface area contributed by atoms with Crippen molar-refractivity contribution in [2.24, 2.45) is 0 Å². The molecule has 0 amide bonds. The summed E-state index contributed by atoms with van der Waals surface area (Å²) in [5.74, 6) is 0.0670. The molecule has 2 nitrogen and oxygen atoms in total. The van der Waals surface area contributed by atoms with E-state index in [2.05, 4.69) is 4.98 Å². The van der Waals surface area contributed by atoms with Gasteiger partial charge >= 0.3 is 0 Å². The molecule has 0 N–H and O–H groups in total. The van der Waals surface area contributed by atoms with Crippen LogP contribution in [-0.4, -0.2) is 10.8 Å². The molecule has 0 unspecified atom stereocenters. The Kier molecular flexibility index (Phi) is 2.88. The van der Waals surface area contributed by atoms with Crippen LogP contribution in [0.25, 0.3) is 0 Å². The van der Waals surface area contributed by atoms with Crippen LogP contribution in [0, 0.1) is 20.8 Å². The second-order valence-electron chi connectivity index (χ2n) is 3.93. The molecule has 0 saturated heterocycles. The zero-order chi connectivity index (χ0) is 11.7. The van der Waals surface area contributed by atoms with Gasteiger partial charge in [0.1, 0.15) is 0 Å². The van der Waals surface area contributed by atoms with Crippen LogP contribution in [0.1, 0.15) is 31.2 Å². The van der Waals surface area contributed by atoms with E-state index in [4.69, 9.17) is 0 Å². The molecule has 82 valence electrons. The van der Waals surface area contributed by atoms with Crippen molar-refractivity contribution in [3.63, 3.8) is 0 Å². The topological polar surface area (TPSA) is 30.0 Å². The molecule has 0 fully saturated rings. The van der Waals surface area contributed by atoms with Crippen molar-refractivity contribution in [2.45, 2.75) is 20.8 Å². The zero-order valence-electron chi connectivity index (χ0n) is 9.57. The molecule has 0 saturated carbocycles. The van der Waals surface area contributed by atoms with Gasteiger partial charge in [-0.2, -0.15) is 0 Å². The Morgan fingerprint density at radius 2 is 1.94 bits per heavy atom. The molecule has 0 radical (unpaired) electrons. The van der Waals surface area contributed by atoms with Gasteiger partial charge in [0.25, 0.3) is 0 Å². The van der Waals surface area contributed by atoms with E-state index in [9.17, 15) is 4.79 Å². The summed E-state index contributed by atoms with van der Waals surface area (Å²) >= 11 is 1.55. The van der Waals surface area contributed by atoms with Crippen molar-refractivity contribution in [2.75, 3.05) is 0 Å². The smallest absolute Gasteiger partial charge is 0.204 e. The van der Waals surface area contributed by atoms with Crippen LogP contribution in [-0.2, 0) is 0 Å². The third-order valence-corrected chi connectivity index (χ3v) is 3.68. The highest BCUT2D eigenvalue weighted by atomic mass is 32.1. The SMILES string of the molecule is Cc1cncc(C(=O)c2cc(C)c(C)s2)c1. The molecule has 2 aromatic rings. The molecule has 16 heavy (non-hydrogen) atoms. The van der Waals surface area contributed by atoms with Gasteiger partial charge in [-0.1, -0.05) is 0 Å². The first-order valence-electron chi connectivity index (χ1n) is 5.11. The third kappa shape index (κ3) is 2.04. The number of hydrogen-bond acceptors (Lipinski definition) is 3. The Morgan fingerprint density at radius 1 is 1.19 bits per heavy atom. The molecule has 0 aliphatic heterocycles. The summed E-state index contributed by atoms with van der Waals surface area (Å²) < 4.78 is 0. The van der Waals surface area contributed by atoms with Gasteiger partial charge in [0.15, 0.2) is 0 Å². The first-order valence-corrected chi connectivity index (χ1v) is 5.93. The number of ketones is 1. The number of hydrogen-bond donors (Lipinski definition) is 0. The number of pyridine rings is 1. The fraction of sp³-hybridized carbons (Fsp3) is 0.231. The Hall–Kier alpha value is -1.48. The maximum Gasteiger partial charge on any atom is 0.204 e. The number of rotatable bonds is 2. The summed E-state index contributed by atoms with van der Waals surface area (Å²) in [6.07, 6.45) is 3.38. The third-order valence-electron chi connectivity index (χ3n) is 2.53. The predicted octanol–water partition coefficient (Wildman–Crippen LogP) is 3.30. The van der Waals surface area contributed by atoms with Gasteiger partial charge in [-0.3, -0.25) is 9.78 Å². The fourth-order valence-electron chi connectivity index (χ4n) is 1.51. The molecule has 0 spiro atoms. The first-order chi connectivity index (χ1) is 7.58. The van der Waals surface area contributed by atoms with Crippen molar-refractivity contribution >= 4 is 17.1 Å². The normalized spacial score (nSPS) is 10.4. The van der Waals surface area contributed by atoms with Gasteiger partial charge in [-0.25, -0.2) is 0 Å². The minimum Gasteiger partial charge on any atom is -0.288 e. The maximum absolute atomic E-state index is 12.1. The first kappa shape index (κ1) is 11.0. The fourth-order valence-corrected chi connectivity index (χ4v) is 2.50. The lowest BCUT2D eigenvalue weighted by Crippen LogP contribution is -1.99. The monoisotopic (exact) mass is 231 g/mol. The second kappa shape index (κ2) is 4.18. The Bertz CT molecular complexity index is 523. The highest BCUT2D eigenvalue weighted by molar-refractivity contribution is 7.14. The summed E-state index contributed by atoms with van der Waals surface area (Å²) in [5, 5.41) is 0. The van der Waals surface area contributed by atoms with E-state index in [1.807, 2.05) is 32.9 Å². The van der Waals surface area contributed by atoms with Gasteiger partial charge in [0.05, 0.1) is 4.88 Å². The average Bonchev–Trinajstić information content (AvgIpc) is 2.58. The Labute approximate surface area is 99.0 Å². The Balaban J connectivity index is 2.39. The summed E-state index contributed by atoms with van der Waals surface area (Å²) in [7, 11) is 0. The second-order valence-corrected chi connectivity index (χ2v) is 5.19. The summed E-state index contributed by atoms with van der Waals surface area (Å²) in [6.45, 7) is 6.00. The molecular weight excluding hydrogens is 218 g/mol. The molecular formula is C13H13NOS. The number of thiophene rings is 1. The van der Waals surface area contributed by atoms with Gasteiger partial charge in [0.2, 0.25) is 5.78 Å². The van der Waals surface area contributed by atoms with Crippen LogP contribution in [0.5, 0.6) is 0 Å². The lowest BCUT2D eigenvalue weighted by Gasteiger charge is -1.98. The molecule has 0 bridgehead atoms. The lowest BCUT2D eigenvalue weighted by molar-refractivity contribution is 0.104. The number of aromatic nitrogens is 1. The molecule has 2 rings (SSSR count). The van der Waals surface area contributed by atoms with E-state index in [0.717, 1.165) is 10.4 Å². The maximum atomic E-state index is 12.1. The van der Waals surface area contributed by atoms with Crippen LogP contribution >= 0.6 is 11.3 Å². The van der Waals surface area contributed by atoms with Crippen molar-refractivity contribution in [1.29, 1.82) is 0 Å².